The molecule has 0 spiro atoms. The van der Waals surface area contributed by atoms with Crippen LogP contribution in [0.2, 0.25) is 0 Å². The molecule has 1 atom stereocenters. The lowest BCUT2D eigenvalue weighted by Crippen LogP contribution is -2.53. The third-order valence-electron chi connectivity index (χ3n) is 6.17. The number of hydrogen-bond donors (Lipinski definition) is 2. The zero-order valence-electron chi connectivity index (χ0n) is 19.0. The minimum Gasteiger partial charge on any atom is -0.506 e. The molecule has 0 saturated carbocycles. The molecule has 9 nitrogen and oxygen atoms in total. The maximum atomic E-state index is 10.2. The highest BCUT2D eigenvalue weighted by atomic mass is 16.5. The first kappa shape index (κ1) is 22.4. The van der Waals surface area contributed by atoms with Crippen molar-refractivity contribution in [3.8, 4) is 5.75 Å². The number of hydrogen-bond acceptors (Lipinski definition) is 6. The van der Waals surface area contributed by atoms with Gasteiger partial charge in [-0.15, -0.1) is 10.2 Å². The van der Waals surface area contributed by atoms with Gasteiger partial charge in [0.15, 0.2) is 5.96 Å². The van der Waals surface area contributed by atoms with Gasteiger partial charge in [-0.1, -0.05) is 19.1 Å². The fraction of sp³-hybridized carbons (Fsp3) is 0.609. The van der Waals surface area contributed by atoms with Gasteiger partial charge in [-0.05, 0) is 31.4 Å². The second-order valence-corrected chi connectivity index (χ2v) is 8.34. The summed E-state index contributed by atoms with van der Waals surface area (Å²) in [4.78, 5) is 9.49. The second kappa shape index (κ2) is 11.2. The van der Waals surface area contributed by atoms with Crippen molar-refractivity contribution < 1.29 is 9.84 Å². The van der Waals surface area contributed by atoms with Gasteiger partial charge >= 0.3 is 0 Å². The average molecular weight is 442 g/mol. The van der Waals surface area contributed by atoms with E-state index < -0.39 is 0 Å². The van der Waals surface area contributed by atoms with E-state index in [1.54, 1.807) is 12.4 Å². The number of rotatable bonds is 7. The monoisotopic (exact) mass is 441 g/mol. The number of phenolic OH excluding ortho intramolecular Hbond substituents is 1. The van der Waals surface area contributed by atoms with E-state index in [9.17, 15) is 5.11 Å². The summed E-state index contributed by atoms with van der Waals surface area (Å²) in [6.45, 7) is 8.55. The largest absolute Gasteiger partial charge is 0.506 e. The zero-order valence-corrected chi connectivity index (χ0v) is 19.0. The van der Waals surface area contributed by atoms with Crippen LogP contribution in [0.5, 0.6) is 5.75 Å². The number of para-hydroxylation sites is 2. The Bertz CT molecular complexity index is 871. The van der Waals surface area contributed by atoms with Crippen molar-refractivity contribution in [2.45, 2.75) is 45.3 Å². The minimum absolute atomic E-state index is 0.215. The number of nitrogens with one attached hydrogen (secondary N) is 1. The van der Waals surface area contributed by atoms with Crippen LogP contribution >= 0.6 is 0 Å². The summed E-state index contributed by atoms with van der Waals surface area (Å²) in [5.41, 5.74) is 0.897. The molecule has 0 aliphatic carbocycles. The van der Waals surface area contributed by atoms with E-state index >= 15 is 0 Å². The van der Waals surface area contributed by atoms with Crippen molar-refractivity contribution in [1.82, 2.24) is 25.0 Å². The molecule has 174 valence electrons. The van der Waals surface area contributed by atoms with Crippen LogP contribution in [0.1, 0.15) is 32.0 Å². The van der Waals surface area contributed by atoms with Crippen molar-refractivity contribution in [1.29, 1.82) is 0 Å². The maximum Gasteiger partial charge on any atom is 0.194 e. The molecular weight excluding hydrogens is 406 g/mol. The highest BCUT2D eigenvalue weighted by molar-refractivity contribution is 5.80. The Hall–Kier alpha value is -2.81. The average Bonchev–Trinajstić information content (AvgIpc) is 3.30. The molecule has 32 heavy (non-hydrogen) atoms. The fourth-order valence-corrected chi connectivity index (χ4v) is 4.33. The molecule has 0 amide bonds. The topological polar surface area (TPSA) is 91.0 Å². The number of ether oxygens (including phenoxy) is 1. The molecule has 3 heterocycles. The fourth-order valence-electron chi connectivity index (χ4n) is 4.33. The number of piperazine rings is 1. The van der Waals surface area contributed by atoms with Gasteiger partial charge in [0.2, 0.25) is 0 Å². The van der Waals surface area contributed by atoms with Crippen LogP contribution in [0.15, 0.2) is 35.6 Å². The van der Waals surface area contributed by atoms with Crippen molar-refractivity contribution in [2.75, 3.05) is 50.8 Å². The zero-order chi connectivity index (χ0) is 22.2. The van der Waals surface area contributed by atoms with Crippen molar-refractivity contribution >= 4 is 11.6 Å². The van der Waals surface area contributed by atoms with Crippen LogP contribution in [0.25, 0.3) is 0 Å². The van der Waals surface area contributed by atoms with Crippen LogP contribution in [0.3, 0.4) is 0 Å². The molecule has 2 saturated heterocycles. The third-order valence-corrected chi connectivity index (χ3v) is 6.17. The van der Waals surface area contributed by atoms with E-state index in [1.165, 1.54) is 6.42 Å². The van der Waals surface area contributed by atoms with Gasteiger partial charge in [-0.3, -0.25) is 4.99 Å². The predicted octanol–water partition coefficient (Wildman–Crippen LogP) is 1.88. The van der Waals surface area contributed by atoms with E-state index in [0.717, 1.165) is 82.6 Å². The van der Waals surface area contributed by atoms with Gasteiger partial charge < -0.3 is 29.5 Å². The number of anilines is 1. The van der Waals surface area contributed by atoms with Crippen LogP contribution in [-0.2, 0) is 17.7 Å². The summed E-state index contributed by atoms with van der Waals surface area (Å²) in [6.07, 6.45) is 6.33. The third kappa shape index (κ3) is 5.70. The lowest BCUT2D eigenvalue weighted by molar-refractivity contribution is 0.0223. The number of phenols is 1. The van der Waals surface area contributed by atoms with Gasteiger partial charge in [0.1, 0.15) is 17.9 Å². The van der Waals surface area contributed by atoms with Gasteiger partial charge in [0, 0.05) is 52.3 Å². The predicted molar refractivity (Wildman–Crippen MR) is 125 cm³/mol. The lowest BCUT2D eigenvalue weighted by Gasteiger charge is -2.38. The molecule has 0 radical (unpaired) electrons. The summed E-state index contributed by atoms with van der Waals surface area (Å²) >= 11 is 0. The number of aromatic hydroxyl groups is 1. The number of benzene rings is 1. The summed E-state index contributed by atoms with van der Waals surface area (Å²) in [7, 11) is 0. The molecule has 1 unspecified atom stereocenters. The Kier molecular flexibility index (Phi) is 7.82. The van der Waals surface area contributed by atoms with Gasteiger partial charge in [-0.2, -0.15) is 0 Å². The molecular formula is C23H35N7O2. The summed E-state index contributed by atoms with van der Waals surface area (Å²) in [5.74, 6) is 2.27. The van der Waals surface area contributed by atoms with Crippen molar-refractivity contribution in [3.63, 3.8) is 0 Å². The number of aromatic nitrogens is 3. The first-order valence-corrected chi connectivity index (χ1v) is 11.8. The quantitative estimate of drug-likeness (QED) is 0.501. The molecule has 9 heteroatoms. The first-order valence-electron chi connectivity index (χ1n) is 11.8. The smallest absolute Gasteiger partial charge is 0.194 e. The molecule has 0 bridgehead atoms. The van der Waals surface area contributed by atoms with Crippen LogP contribution < -0.4 is 10.2 Å². The SMILES string of the molecule is CCc1nncn1CCNC(=NCC1CCCCO1)N1CCN(c2ccccc2O)CC1. The highest BCUT2D eigenvalue weighted by Crippen LogP contribution is 2.27. The summed E-state index contributed by atoms with van der Waals surface area (Å²) in [5, 5.41) is 21.9. The van der Waals surface area contributed by atoms with Gasteiger partial charge in [0.05, 0.1) is 18.3 Å². The molecule has 2 aromatic rings. The van der Waals surface area contributed by atoms with E-state index in [-0.39, 0.29) is 6.10 Å². The molecule has 4 rings (SSSR count). The first-order chi connectivity index (χ1) is 15.7. The Morgan fingerprint density at radius 1 is 1.22 bits per heavy atom. The molecule has 2 aliphatic rings. The summed E-state index contributed by atoms with van der Waals surface area (Å²) in [6, 6.07) is 7.55. The van der Waals surface area contributed by atoms with E-state index in [1.807, 2.05) is 18.2 Å². The highest BCUT2D eigenvalue weighted by Gasteiger charge is 2.22. The number of aryl methyl sites for hydroxylation is 1. The van der Waals surface area contributed by atoms with Crippen molar-refractivity contribution in [3.05, 3.63) is 36.4 Å². The Balaban J connectivity index is 1.37. The Morgan fingerprint density at radius 2 is 2.06 bits per heavy atom. The molecule has 1 aromatic carbocycles. The van der Waals surface area contributed by atoms with E-state index in [2.05, 4.69) is 36.8 Å². The van der Waals surface area contributed by atoms with E-state index in [0.29, 0.717) is 12.3 Å². The van der Waals surface area contributed by atoms with Crippen LogP contribution in [0.4, 0.5) is 5.69 Å². The Labute approximate surface area is 190 Å². The lowest BCUT2D eigenvalue weighted by atomic mass is 10.1. The maximum absolute atomic E-state index is 10.2. The summed E-state index contributed by atoms with van der Waals surface area (Å²) < 4.78 is 7.98. The molecule has 2 N–H and O–H groups in total. The van der Waals surface area contributed by atoms with Crippen LogP contribution in [0, 0.1) is 0 Å². The van der Waals surface area contributed by atoms with Gasteiger partial charge in [-0.25, -0.2) is 0 Å². The minimum atomic E-state index is 0.215. The standard InChI is InChI=1S/C23H35N7O2/c1-2-22-27-26-18-30(22)11-10-24-23(25-17-19-7-5-6-16-32-19)29-14-12-28(13-15-29)20-8-3-4-9-21(20)31/h3-4,8-9,18-19,31H,2,5-7,10-17H2,1H3,(H,24,25). The van der Waals surface area contributed by atoms with Crippen LogP contribution in [-0.4, -0.2) is 82.7 Å². The number of nitrogens with zero attached hydrogens (tertiary/aromatic N) is 6. The molecule has 2 aliphatic heterocycles. The molecule has 1 aromatic heterocycles. The molecule has 2 fully saturated rings. The van der Waals surface area contributed by atoms with E-state index in [4.69, 9.17) is 9.73 Å². The number of guanidine groups is 1. The second-order valence-electron chi connectivity index (χ2n) is 8.34. The Morgan fingerprint density at radius 3 is 2.81 bits per heavy atom. The number of aliphatic imine (C=N–C) groups is 1. The normalized spacial score (nSPS) is 19.9. The van der Waals surface area contributed by atoms with Gasteiger partial charge in [0.25, 0.3) is 0 Å². The van der Waals surface area contributed by atoms with Crippen molar-refractivity contribution in [2.24, 2.45) is 4.99 Å².